The molecule has 0 bridgehead atoms. The van der Waals surface area contributed by atoms with Gasteiger partial charge in [-0.05, 0) is 12.8 Å². The smallest absolute Gasteiger partial charge is 0.0718 e. The fraction of sp³-hybridized carbons (Fsp3) is 1.00. The summed E-state index contributed by atoms with van der Waals surface area (Å²) in [5.74, 6) is 0. The van der Waals surface area contributed by atoms with Crippen molar-refractivity contribution in [3.63, 3.8) is 0 Å². The molecule has 0 N–H and O–H groups in total. The van der Waals surface area contributed by atoms with Gasteiger partial charge in [-0.15, -0.1) is 0 Å². The molecule has 0 rings (SSSR count). The van der Waals surface area contributed by atoms with Gasteiger partial charge in [0.15, 0.2) is 0 Å². The zero-order valence-corrected chi connectivity index (χ0v) is 10.8. The minimum atomic E-state index is -0.864. The minimum absolute atomic E-state index is 0.864. The maximum Gasteiger partial charge on any atom is 0.0718 e. The first-order chi connectivity index (χ1) is 6.81. The van der Waals surface area contributed by atoms with Crippen molar-refractivity contribution in [1.82, 2.24) is 0 Å². The highest BCUT2D eigenvalue weighted by molar-refractivity contribution is 7.44. The SMILES string of the molecule is CCCCCC[P](=O)CCCCCC. The van der Waals surface area contributed by atoms with Gasteiger partial charge in [0.05, 0.1) is 7.80 Å². The first-order valence-corrected chi connectivity index (χ1v) is 7.86. The molecule has 0 aromatic carbocycles. The van der Waals surface area contributed by atoms with Gasteiger partial charge in [0.1, 0.15) is 0 Å². The standard InChI is InChI=1S/C12H26OP/c1-3-5-7-9-11-14(13)12-10-8-6-4-2/h3-12H2,1-2H3. The van der Waals surface area contributed by atoms with Gasteiger partial charge in [0, 0.05) is 12.3 Å². The monoisotopic (exact) mass is 217 g/mol. The van der Waals surface area contributed by atoms with E-state index in [1.807, 2.05) is 0 Å². The number of hydrogen-bond donors (Lipinski definition) is 0. The zero-order valence-electron chi connectivity index (χ0n) is 9.93. The lowest BCUT2D eigenvalue weighted by atomic mass is 10.2. The molecule has 0 spiro atoms. The van der Waals surface area contributed by atoms with Gasteiger partial charge < -0.3 is 0 Å². The second-order valence-corrected chi connectivity index (χ2v) is 5.91. The van der Waals surface area contributed by atoms with E-state index in [1.165, 1.54) is 51.4 Å². The van der Waals surface area contributed by atoms with Crippen molar-refractivity contribution in [2.75, 3.05) is 12.3 Å². The molecule has 0 unspecified atom stereocenters. The largest absolute Gasteiger partial charge is 0.287 e. The lowest BCUT2D eigenvalue weighted by Crippen LogP contribution is -1.86. The van der Waals surface area contributed by atoms with E-state index >= 15 is 0 Å². The summed E-state index contributed by atoms with van der Waals surface area (Å²) in [6, 6.07) is 0. The van der Waals surface area contributed by atoms with Crippen molar-refractivity contribution in [2.24, 2.45) is 0 Å². The quantitative estimate of drug-likeness (QED) is 0.373. The van der Waals surface area contributed by atoms with E-state index in [-0.39, 0.29) is 0 Å². The van der Waals surface area contributed by atoms with Crippen LogP contribution in [0.3, 0.4) is 0 Å². The third-order valence-corrected chi connectivity index (χ3v) is 4.15. The van der Waals surface area contributed by atoms with Gasteiger partial charge in [0.2, 0.25) is 0 Å². The van der Waals surface area contributed by atoms with Crippen molar-refractivity contribution in [3.8, 4) is 0 Å². The summed E-state index contributed by atoms with van der Waals surface area (Å²) < 4.78 is 11.5. The van der Waals surface area contributed by atoms with Crippen LogP contribution in [-0.2, 0) is 4.57 Å². The molecule has 0 fully saturated rings. The van der Waals surface area contributed by atoms with Gasteiger partial charge in [0.25, 0.3) is 0 Å². The Balaban J connectivity index is 3.11. The van der Waals surface area contributed by atoms with Crippen LogP contribution in [0.1, 0.15) is 65.2 Å². The molecule has 14 heavy (non-hydrogen) atoms. The van der Waals surface area contributed by atoms with E-state index in [2.05, 4.69) is 13.8 Å². The Morgan fingerprint density at radius 2 is 1.14 bits per heavy atom. The second-order valence-electron chi connectivity index (χ2n) is 4.05. The third-order valence-electron chi connectivity index (χ3n) is 2.52. The zero-order chi connectivity index (χ0) is 10.6. The van der Waals surface area contributed by atoms with E-state index in [4.69, 9.17) is 0 Å². The predicted molar refractivity (Wildman–Crippen MR) is 65.6 cm³/mol. The summed E-state index contributed by atoms with van der Waals surface area (Å²) in [4.78, 5) is 0. The summed E-state index contributed by atoms with van der Waals surface area (Å²) in [5.41, 5.74) is 0. The van der Waals surface area contributed by atoms with Gasteiger partial charge in [-0.25, -0.2) is 0 Å². The second kappa shape index (κ2) is 11.2. The first-order valence-electron chi connectivity index (χ1n) is 6.23. The van der Waals surface area contributed by atoms with Gasteiger partial charge >= 0.3 is 0 Å². The summed E-state index contributed by atoms with van der Waals surface area (Å²) in [6.07, 6.45) is 12.0. The average Bonchev–Trinajstić information content (AvgIpc) is 2.19. The van der Waals surface area contributed by atoms with E-state index in [0.29, 0.717) is 0 Å². The van der Waals surface area contributed by atoms with Gasteiger partial charge in [-0.2, -0.15) is 0 Å². The molecule has 0 aromatic heterocycles. The molecule has 0 aliphatic rings. The van der Waals surface area contributed by atoms with Crippen LogP contribution in [0.5, 0.6) is 0 Å². The topological polar surface area (TPSA) is 17.1 Å². The molecule has 2 heteroatoms. The molecule has 0 aromatic rings. The van der Waals surface area contributed by atoms with Crippen LogP contribution < -0.4 is 0 Å². The van der Waals surface area contributed by atoms with Crippen molar-refractivity contribution >= 4 is 7.80 Å². The molecule has 0 aliphatic heterocycles. The molecule has 0 saturated heterocycles. The Labute approximate surface area is 90.5 Å². The van der Waals surface area contributed by atoms with Crippen LogP contribution >= 0.6 is 7.80 Å². The van der Waals surface area contributed by atoms with Crippen molar-refractivity contribution < 1.29 is 4.57 Å². The molecule has 1 nitrogen and oxygen atoms in total. The fourth-order valence-corrected chi connectivity index (χ4v) is 2.92. The van der Waals surface area contributed by atoms with E-state index in [1.54, 1.807) is 0 Å². The number of unbranched alkanes of at least 4 members (excludes halogenated alkanes) is 6. The Bertz CT molecular complexity index is 120. The normalized spacial score (nSPS) is 10.4. The van der Waals surface area contributed by atoms with Crippen LogP contribution in [0, 0.1) is 0 Å². The van der Waals surface area contributed by atoms with E-state index in [9.17, 15) is 4.57 Å². The molecule has 0 saturated carbocycles. The highest BCUT2D eigenvalue weighted by Gasteiger charge is 1.99. The van der Waals surface area contributed by atoms with Crippen molar-refractivity contribution in [2.45, 2.75) is 65.2 Å². The maximum atomic E-state index is 11.5. The van der Waals surface area contributed by atoms with E-state index in [0.717, 1.165) is 12.3 Å². The van der Waals surface area contributed by atoms with Gasteiger partial charge in [-0.3, -0.25) is 4.57 Å². The molecule has 0 heterocycles. The van der Waals surface area contributed by atoms with Crippen LogP contribution in [-0.4, -0.2) is 12.3 Å². The van der Waals surface area contributed by atoms with Crippen LogP contribution in [0.15, 0.2) is 0 Å². The lowest BCUT2D eigenvalue weighted by molar-refractivity contribution is 0.579. The predicted octanol–water partition coefficient (Wildman–Crippen LogP) is 4.97. The molecule has 0 atom stereocenters. The Kier molecular flexibility index (Phi) is 11.3. The highest BCUT2D eigenvalue weighted by atomic mass is 31.1. The van der Waals surface area contributed by atoms with Crippen LogP contribution in [0.2, 0.25) is 0 Å². The lowest BCUT2D eigenvalue weighted by Gasteiger charge is -2.01. The summed E-state index contributed by atoms with van der Waals surface area (Å²) >= 11 is 0. The van der Waals surface area contributed by atoms with E-state index < -0.39 is 7.80 Å². The molecule has 0 amide bonds. The molecule has 1 radical (unpaired) electrons. The Hall–Kier alpha value is 0.100. The van der Waals surface area contributed by atoms with Crippen LogP contribution in [0.4, 0.5) is 0 Å². The van der Waals surface area contributed by atoms with Crippen molar-refractivity contribution in [1.29, 1.82) is 0 Å². The number of rotatable bonds is 10. The van der Waals surface area contributed by atoms with Crippen molar-refractivity contribution in [3.05, 3.63) is 0 Å². The Morgan fingerprint density at radius 3 is 1.50 bits per heavy atom. The summed E-state index contributed by atoms with van der Waals surface area (Å²) in [6.45, 7) is 4.43. The maximum absolute atomic E-state index is 11.5. The molecule has 0 aliphatic carbocycles. The molecular weight excluding hydrogens is 191 g/mol. The first kappa shape index (κ1) is 14.1. The molecular formula is C12H26OP. The number of hydrogen-bond acceptors (Lipinski definition) is 1. The fourth-order valence-electron chi connectivity index (χ4n) is 1.54. The van der Waals surface area contributed by atoms with Crippen LogP contribution in [0.25, 0.3) is 0 Å². The summed E-state index contributed by atoms with van der Waals surface area (Å²) in [5, 5.41) is 0. The third kappa shape index (κ3) is 10.2. The average molecular weight is 217 g/mol. The highest BCUT2D eigenvalue weighted by Crippen LogP contribution is 2.24. The Morgan fingerprint density at radius 1 is 0.714 bits per heavy atom. The minimum Gasteiger partial charge on any atom is -0.287 e. The summed E-state index contributed by atoms with van der Waals surface area (Å²) in [7, 11) is -0.864. The van der Waals surface area contributed by atoms with Gasteiger partial charge in [-0.1, -0.05) is 52.4 Å². The molecule has 85 valence electrons.